The molecule has 0 spiro atoms. The third-order valence-corrected chi connectivity index (χ3v) is 3.30. The summed E-state index contributed by atoms with van der Waals surface area (Å²) in [6.45, 7) is 6.07. The first-order chi connectivity index (χ1) is 9.33. The molecule has 2 rings (SSSR count). The maximum Gasteiger partial charge on any atom is 0.121 e. The second-order valence-electron chi connectivity index (χ2n) is 4.54. The van der Waals surface area contributed by atoms with E-state index in [-0.39, 0.29) is 5.66 Å². The van der Waals surface area contributed by atoms with Crippen molar-refractivity contribution in [2.45, 2.75) is 19.5 Å². The van der Waals surface area contributed by atoms with Crippen molar-refractivity contribution >= 4 is 0 Å². The molecule has 0 aromatic heterocycles. The second-order valence-corrected chi connectivity index (χ2v) is 4.54. The predicted molar refractivity (Wildman–Crippen MR) is 81.0 cm³/mol. The van der Waals surface area contributed by atoms with Crippen LogP contribution in [0.25, 0.3) is 0 Å². The van der Waals surface area contributed by atoms with Gasteiger partial charge in [-0.15, -0.1) is 0 Å². The van der Waals surface area contributed by atoms with E-state index in [2.05, 4.69) is 85.1 Å². The predicted octanol–water partition coefficient (Wildman–Crippen LogP) is 3.11. The topological polar surface area (TPSA) is 24.1 Å². The van der Waals surface area contributed by atoms with Crippen molar-refractivity contribution in [1.82, 2.24) is 10.6 Å². The van der Waals surface area contributed by atoms with Gasteiger partial charge in [0.05, 0.1) is 0 Å². The molecule has 0 heterocycles. The summed E-state index contributed by atoms with van der Waals surface area (Å²) in [5.74, 6) is 0. The van der Waals surface area contributed by atoms with Gasteiger partial charge in [0.1, 0.15) is 5.66 Å². The molecule has 0 unspecified atom stereocenters. The highest BCUT2D eigenvalue weighted by Crippen LogP contribution is 2.26. The lowest BCUT2D eigenvalue weighted by Gasteiger charge is -2.36. The Morgan fingerprint density at radius 1 is 0.684 bits per heavy atom. The first kappa shape index (κ1) is 13.8. The molecule has 100 valence electrons. The van der Waals surface area contributed by atoms with E-state index in [1.807, 2.05) is 0 Å². The van der Waals surface area contributed by atoms with Gasteiger partial charge in [-0.1, -0.05) is 74.5 Å². The fourth-order valence-electron chi connectivity index (χ4n) is 2.54. The van der Waals surface area contributed by atoms with Gasteiger partial charge in [0, 0.05) is 0 Å². The van der Waals surface area contributed by atoms with Gasteiger partial charge in [-0.05, 0) is 24.2 Å². The monoisotopic (exact) mass is 254 g/mol. The average Bonchev–Trinajstić information content (AvgIpc) is 2.49. The summed E-state index contributed by atoms with van der Waals surface area (Å²) in [6, 6.07) is 21.1. The Hall–Kier alpha value is -1.64. The molecule has 0 bridgehead atoms. The van der Waals surface area contributed by atoms with Gasteiger partial charge in [0.2, 0.25) is 0 Å². The van der Waals surface area contributed by atoms with Crippen molar-refractivity contribution in [3.63, 3.8) is 0 Å². The summed E-state index contributed by atoms with van der Waals surface area (Å²) >= 11 is 0. The van der Waals surface area contributed by atoms with Crippen LogP contribution in [0, 0.1) is 0 Å². The van der Waals surface area contributed by atoms with Crippen LogP contribution in [0.1, 0.15) is 25.0 Å². The maximum absolute atomic E-state index is 3.62. The van der Waals surface area contributed by atoms with Crippen molar-refractivity contribution in [3.05, 3.63) is 71.8 Å². The highest BCUT2D eigenvalue weighted by atomic mass is 15.2. The molecule has 0 amide bonds. The summed E-state index contributed by atoms with van der Waals surface area (Å²) in [5, 5.41) is 7.24. The molecule has 0 saturated carbocycles. The van der Waals surface area contributed by atoms with Gasteiger partial charge in [0.15, 0.2) is 0 Å². The van der Waals surface area contributed by atoms with Crippen molar-refractivity contribution in [1.29, 1.82) is 0 Å². The van der Waals surface area contributed by atoms with Crippen LogP contribution in [0.15, 0.2) is 60.7 Å². The quantitative estimate of drug-likeness (QED) is 0.774. The Balaban J connectivity index is 2.54. The zero-order valence-electron chi connectivity index (χ0n) is 11.7. The highest BCUT2D eigenvalue weighted by Gasteiger charge is 2.31. The molecular formula is C17H22N2. The van der Waals surface area contributed by atoms with E-state index >= 15 is 0 Å². The third-order valence-electron chi connectivity index (χ3n) is 3.30. The first-order valence-corrected chi connectivity index (χ1v) is 6.94. The fraction of sp³-hybridized carbons (Fsp3) is 0.294. The largest absolute Gasteiger partial charge is 0.292 e. The molecule has 2 nitrogen and oxygen atoms in total. The van der Waals surface area contributed by atoms with E-state index in [4.69, 9.17) is 0 Å². The van der Waals surface area contributed by atoms with Gasteiger partial charge in [-0.3, -0.25) is 10.6 Å². The zero-order chi connectivity index (χ0) is 13.6. The van der Waals surface area contributed by atoms with Gasteiger partial charge in [0.25, 0.3) is 0 Å². The van der Waals surface area contributed by atoms with E-state index in [1.165, 1.54) is 11.1 Å². The van der Waals surface area contributed by atoms with E-state index in [0.717, 1.165) is 13.1 Å². The summed E-state index contributed by atoms with van der Waals surface area (Å²) in [4.78, 5) is 0. The second kappa shape index (κ2) is 6.50. The maximum atomic E-state index is 3.62. The Bertz CT molecular complexity index is 432. The molecule has 2 aromatic rings. The molecule has 0 aliphatic carbocycles. The van der Waals surface area contributed by atoms with Crippen LogP contribution < -0.4 is 10.6 Å². The molecule has 2 N–H and O–H groups in total. The van der Waals surface area contributed by atoms with Crippen LogP contribution in [0.3, 0.4) is 0 Å². The van der Waals surface area contributed by atoms with E-state index in [1.54, 1.807) is 0 Å². The van der Waals surface area contributed by atoms with Crippen LogP contribution in [-0.2, 0) is 5.66 Å². The van der Waals surface area contributed by atoms with E-state index < -0.39 is 0 Å². The lowest BCUT2D eigenvalue weighted by Crippen LogP contribution is -2.54. The Morgan fingerprint density at radius 2 is 1.05 bits per heavy atom. The SMILES string of the molecule is CCNC(NCC)(c1ccccc1)c1ccccc1. The molecule has 2 aromatic carbocycles. The van der Waals surface area contributed by atoms with Crippen molar-refractivity contribution in [3.8, 4) is 0 Å². The van der Waals surface area contributed by atoms with Crippen molar-refractivity contribution in [2.24, 2.45) is 0 Å². The first-order valence-electron chi connectivity index (χ1n) is 6.94. The Kier molecular flexibility index (Phi) is 4.72. The minimum atomic E-state index is -0.313. The average molecular weight is 254 g/mol. The van der Waals surface area contributed by atoms with Crippen LogP contribution in [-0.4, -0.2) is 13.1 Å². The standard InChI is InChI=1S/C17H22N2/c1-3-18-17(19-4-2,15-11-7-5-8-12-15)16-13-9-6-10-14-16/h5-14,18-19H,3-4H2,1-2H3. The van der Waals surface area contributed by atoms with E-state index in [9.17, 15) is 0 Å². The number of nitrogens with one attached hydrogen (secondary N) is 2. The third kappa shape index (κ3) is 2.86. The summed E-state index contributed by atoms with van der Waals surface area (Å²) in [5.41, 5.74) is 2.17. The molecular weight excluding hydrogens is 232 g/mol. The fourth-order valence-corrected chi connectivity index (χ4v) is 2.54. The van der Waals surface area contributed by atoms with Crippen LogP contribution in [0.2, 0.25) is 0 Å². The summed E-state index contributed by atoms with van der Waals surface area (Å²) < 4.78 is 0. The molecule has 0 aliphatic rings. The van der Waals surface area contributed by atoms with Gasteiger partial charge >= 0.3 is 0 Å². The van der Waals surface area contributed by atoms with Gasteiger partial charge < -0.3 is 0 Å². The van der Waals surface area contributed by atoms with Crippen molar-refractivity contribution < 1.29 is 0 Å². The smallest absolute Gasteiger partial charge is 0.121 e. The summed E-state index contributed by atoms with van der Waals surface area (Å²) in [6.07, 6.45) is 0. The molecule has 2 heteroatoms. The molecule has 0 atom stereocenters. The zero-order valence-corrected chi connectivity index (χ0v) is 11.7. The van der Waals surface area contributed by atoms with Gasteiger partial charge in [-0.25, -0.2) is 0 Å². The van der Waals surface area contributed by atoms with Crippen LogP contribution >= 0.6 is 0 Å². The number of hydrogen-bond acceptors (Lipinski definition) is 2. The number of hydrogen-bond donors (Lipinski definition) is 2. The minimum absolute atomic E-state index is 0.313. The molecule has 0 saturated heterocycles. The van der Waals surface area contributed by atoms with Gasteiger partial charge in [-0.2, -0.15) is 0 Å². The summed E-state index contributed by atoms with van der Waals surface area (Å²) in [7, 11) is 0. The molecule has 19 heavy (non-hydrogen) atoms. The lowest BCUT2D eigenvalue weighted by molar-refractivity contribution is 0.333. The lowest BCUT2D eigenvalue weighted by atomic mass is 9.90. The Morgan fingerprint density at radius 3 is 1.37 bits per heavy atom. The van der Waals surface area contributed by atoms with Crippen LogP contribution in [0.4, 0.5) is 0 Å². The number of benzene rings is 2. The number of rotatable bonds is 6. The molecule has 0 radical (unpaired) electrons. The highest BCUT2D eigenvalue weighted by molar-refractivity contribution is 5.37. The molecule has 0 aliphatic heterocycles. The van der Waals surface area contributed by atoms with Crippen LogP contribution in [0.5, 0.6) is 0 Å². The minimum Gasteiger partial charge on any atom is -0.292 e. The molecule has 0 fully saturated rings. The van der Waals surface area contributed by atoms with Crippen molar-refractivity contribution in [2.75, 3.05) is 13.1 Å². The Labute approximate surface area is 115 Å². The van der Waals surface area contributed by atoms with E-state index in [0.29, 0.717) is 0 Å². The normalized spacial score (nSPS) is 11.5.